The van der Waals surface area contributed by atoms with Gasteiger partial charge in [-0.05, 0) is 25.2 Å². The maximum Gasteiger partial charge on any atom is 0.199 e. The Hall–Kier alpha value is -0.500. The van der Waals surface area contributed by atoms with E-state index in [4.69, 9.17) is 0 Å². The first-order chi connectivity index (χ1) is 6.83. The van der Waals surface area contributed by atoms with Crippen molar-refractivity contribution in [1.82, 2.24) is 0 Å². The lowest BCUT2D eigenvalue weighted by Crippen LogP contribution is -2.31. The van der Waals surface area contributed by atoms with Gasteiger partial charge in [0.1, 0.15) is 0 Å². The second-order valence-corrected chi connectivity index (χ2v) is 5.72. The van der Waals surface area contributed by atoms with Crippen LogP contribution in [0.4, 0.5) is 0 Å². The summed E-state index contributed by atoms with van der Waals surface area (Å²) >= 11 is 1.62. The van der Waals surface area contributed by atoms with Crippen LogP contribution in [0, 0.1) is 11.3 Å². The average molecular weight is 206 g/mol. The fraction of sp³-hybridized carbons (Fsp3) is 0.583. The highest BCUT2D eigenvalue weighted by atomic mass is 32.2. The second-order valence-electron chi connectivity index (χ2n) is 4.51. The topological polar surface area (TPSA) is 17.1 Å². The van der Waals surface area contributed by atoms with Crippen molar-refractivity contribution >= 4 is 16.9 Å². The zero-order valence-electron chi connectivity index (χ0n) is 8.11. The molecule has 74 valence electrons. The summed E-state index contributed by atoms with van der Waals surface area (Å²) in [6.45, 7) is 0. The molecular formula is C12H14OS. The van der Waals surface area contributed by atoms with Crippen molar-refractivity contribution in [2.75, 3.05) is 0 Å². The number of rotatable bonds is 0. The van der Waals surface area contributed by atoms with Crippen LogP contribution in [0.25, 0.3) is 0 Å². The lowest BCUT2D eigenvalue weighted by Gasteiger charge is -2.29. The fourth-order valence-corrected chi connectivity index (χ4v) is 4.74. The molecule has 0 bridgehead atoms. The van der Waals surface area contributed by atoms with E-state index in [1.165, 1.54) is 19.3 Å². The van der Waals surface area contributed by atoms with Gasteiger partial charge in [0.2, 0.25) is 0 Å². The van der Waals surface area contributed by atoms with Crippen LogP contribution < -0.4 is 0 Å². The zero-order valence-corrected chi connectivity index (χ0v) is 8.93. The van der Waals surface area contributed by atoms with Crippen LogP contribution in [0.1, 0.15) is 25.7 Å². The first-order valence-electron chi connectivity index (χ1n) is 5.38. The molecule has 0 aromatic rings. The van der Waals surface area contributed by atoms with Crippen molar-refractivity contribution in [2.24, 2.45) is 11.3 Å². The monoisotopic (exact) mass is 206 g/mol. The van der Waals surface area contributed by atoms with Crippen molar-refractivity contribution in [3.8, 4) is 0 Å². The lowest BCUT2D eigenvalue weighted by molar-refractivity contribution is -0.118. The number of carbonyl (C=O) groups excluding carboxylic acids is 1. The van der Waals surface area contributed by atoms with Gasteiger partial charge in [-0.1, -0.05) is 42.5 Å². The van der Waals surface area contributed by atoms with Crippen molar-refractivity contribution in [2.45, 2.75) is 30.9 Å². The van der Waals surface area contributed by atoms with E-state index in [0.29, 0.717) is 16.3 Å². The molecule has 0 amide bonds. The van der Waals surface area contributed by atoms with Gasteiger partial charge in [0.15, 0.2) is 5.12 Å². The minimum absolute atomic E-state index is 0.111. The van der Waals surface area contributed by atoms with Gasteiger partial charge in [-0.15, -0.1) is 0 Å². The van der Waals surface area contributed by atoms with Crippen molar-refractivity contribution < 1.29 is 4.79 Å². The Bertz CT molecular complexity index is 331. The van der Waals surface area contributed by atoms with Crippen LogP contribution in [-0.4, -0.2) is 10.4 Å². The quantitative estimate of drug-likeness (QED) is 0.606. The molecule has 0 aromatic heterocycles. The molecule has 1 nitrogen and oxygen atoms in total. The van der Waals surface area contributed by atoms with E-state index in [0.717, 1.165) is 6.42 Å². The Kier molecular flexibility index (Phi) is 1.88. The zero-order chi connectivity index (χ0) is 9.60. The summed E-state index contributed by atoms with van der Waals surface area (Å²) in [5.74, 6) is 0.626. The molecule has 1 spiro atoms. The minimum Gasteiger partial charge on any atom is -0.286 e. The molecule has 0 unspecified atom stereocenters. The first kappa shape index (κ1) is 8.78. The standard InChI is InChI=1S/C12H14OS/c13-11-12(7-2-1-3-8-12)9-5-4-6-10(9)14-11/h1-3,7,9-10H,4-6,8H2/t9-,10+,12+/m1/s1. The minimum atomic E-state index is -0.111. The summed E-state index contributed by atoms with van der Waals surface area (Å²) in [6.07, 6.45) is 13.2. The van der Waals surface area contributed by atoms with Crippen LogP contribution in [0.15, 0.2) is 24.3 Å². The predicted molar refractivity (Wildman–Crippen MR) is 59.1 cm³/mol. The average Bonchev–Trinajstić information content (AvgIpc) is 2.74. The molecule has 1 saturated carbocycles. The van der Waals surface area contributed by atoms with Gasteiger partial charge in [0.05, 0.1) is 5.41 Å². The van der Waals surface area contributed by atoms with Gasteiger partial charge in [-0.25, -0.2) is 0 Å². The van der Waals surface area contributed by atoms with Gasteiger partial charge in [0, 0.05) is 5.25 Å². The van der Waals surface area contributed by atoms with Crippen LogP contribution in [0.5, 0.6) is 0 Å². The summed E-state index contributed by atoms with van der Waals surface area (Å²) in [7, 11) is 0. The van der Waals surface area contributed by atoms with Crippen LogP contribution in [-0.2, 0) is 4.79 Å². The van der Waals surface area contributed by atoms with Gasteiger partial charge >= 0.3 is 0 Å². The number of hydrogen-bond donors (Lipinski definition) is 0. The summed E-state index contributed by atoms with van der Waals surface area (Å²) in [5, 5.41) is 1.05. The Morgan fingerprint density at radius 1 is 1.36 bits per heavy atom. The normalized spacial score (nSPS) is 45.0. The third-order valence-electron chi connectivity index (χ3n) is 3.85. The van der Waals surface area contributed by atoms with E-state index in [1.807, 2.05) is 0 Å². The van der Waals surface area contributed by atoms with Crippen molar-refractivity contribution in [3.63, 3.8) is 0 Å². The molecular weight excluding hydrogens is 192 g/mol. The maximum absolute atomic E-state index is 12.0. The van der Waals surface area contributed by atoms with Crippen LogP contribution >= 0.6 is 11.8 Å². The second kappa shape index (κ2) is 2.99. The molecule has 3 atom stereocenters. The van der Waals surface area contributed by atoms with Gasteiger partial charge in [-0.2, -0.15) is 0 Å². The Morgan fingerprint density at radius 2 is 2.29 bits per heavy atom. The van der Waals surface area contributed by atoms with Gasteiger partial charge < -0.3 is 0 Å². The number of thioether (sulfide) groups is 1. The highest BCUT2D eigenvalue weighted by molar-refractivity contribution is 8.14. The molecule has 0 radical (unpaired) electrons. The Morgan fingerprint density at radius 3 is 3.07 bits per heavy atom. The molecule has 3 rings (SSSR count). The number of hydrogen-bond acceptors (Lipinski definition) is 2. The van der Waals surface area contributed by atoms with E-state index in [-0.39, 0.29) is 5.41 Å². The third kappa shape index (κ3) is 1.01. The molecule has 1 heterocycles. The summed E-state index contributed by atoms with van der Waals surface area (Å²) in [6, 6.07) is 0. The molecule has 1 saturated heterocycles. The maximum atomic E-state index is 12.0. The first-order valence-corrected chi connectivity index (χ1v) is 6.26. The van der Waals surface area contributed by atoms with Gasteiger partial charge in [0.25, 0.3) is 0 Å². The largest absolute Gasteiger partial charge is 0.286 e. The fourth-order valence-electron chi connectivity index (χ4n) is 3.12. The predicted octanol–water partition coefficient (Wildman–Crippen LogP) is 2.93. The Labute approximate surface area is 88.6 Å². The number of carbonyl (C=O) groups is 1. The number of fused-ring (bicyclic) bond motifs is 2. The molecule has 2 fully saturated rings. The number of allylic oxidation sites excluding steroid dienone is 4. The Balaban J connectivity index is 2.00. The van der Waals surface area contributed by atoms with E-state index >= 15 is 0 Å². The van der Waals surface area contributed by atoms with E-state index in [9.17, 15) is 4.79 Å². The molecule has 0 N–H and O–H groups in total. The third-order valence-corrected chi connectivity index (χ3v) is 5.31. The van der Waals surface area contributed by atoms with E-state index < -0.39 is 0 Å². The molecule has 2 aliphatic carbocycles. The van der Waals surface area contributed by atoms with E-state index in [1.54, 1.807) is 11.8 Å². The molecule has 2 heteroatoms. The van der Waals surface area contributed by atoms with Crippen LogP contribution in [0.2, 0.25) is 0 Å². The van der Waals surface area contributed by atoms with Crippen LogP contribution in [0.3, 0.4) is 0 Å². The molecule has 3 aliphatic rings. The summed E-state index contributed by atoms with van der Waals surface area (Å²) in [4.78, 5) is 12.0. The summed E-state index contributed by atoms with van der Waals surface area (Å²) in [5.41, 5.74) is -0.111. The molecule has 1 aliphatic heterocycles. The molecule has 0 aromatic carbocycles. The highest BCUT2D eigenvalue weighted by Gasteiger charge is 2.54. The smallest absolute Gasteiger partial charge is 0.199 e. The lowest BCUT2D eigenvalue weighted by atomic mass is 9.71. The van der Waals surface area contributed by atoms with Gasteiger partial charge in [-0.3, -0.25) is 4.79 Å². The van der Waals surface area contributed by atoms with E-state index in [2.05, 4.69) is 24.3 Å². The van der Waals surface area contributed by atoms with Crippen molar-refractivity contribution in [3.05, 3.63) is 24.3 Å². The SMILES string of the molecule is O=C1S[C@H]2CCC[C@H]2[C@@]12C=CC=CC2. The summed E-state index contributed by atoms with van der Waals surface area (Å²) < 4.78 is 0. The highest BCUT2D eigenvalue weighted by Crippen LogP contribution is 2.57. The molecule has 14 heavy (non-hydrogen) atoms. The van der Waals surface area contributed by atoms with Crippen molar-refractivity contribution in [1.29, 1.82) is 0 Å².